The summed E-state index contributed by atoms with van der Waals surface area (Å²) in [4.78, 5) is 24.8. The van der Waals surface area contributed by atoms with Crippen molar-refractivity contribution >= 4 is 12.0 Å². The summed E-state index contributed by atoms with van der Waals surface area (Å²) in [6.45, 7) is 1.75. The molecule has 2 atom stereocenters. The van der Waals surface area contributed by atoms with E-state index in [0.29, 0.717) is 12.8 Å². The van der Waals surface area contributed by atoms with Gasteiger partial charge in [0.2, 0.25) is 5.91 Å². The molecule has 4 nitrogen and oxygen atoms in total. The Balaban J connectivity index is 2.03. The van der Waals surface area contributed by atoms with Crippen LogP contribution in [0.1, 0.15) is 30.5 Å². The molecule has 17 heavy (non-hydrogen) atoms. The fraction of sp³-hybridized carbons (Fsp3) is 0.385. The summed E-state index contributed by atoms with van der Waals surface area (Å²) in [5.41, 5.74) is 2.22. The topological polar surface area (TPSA) is 46.6 Å². The molecule has 2 aliphatic rings. The maximum absolute atomic E-state index is 11.8. The quantitative estimate of drug-likeness (QED) is 0.743. The summed E-state index contributed by atoms with van der Waals surface area (Å²) in [5.74, 6) is -0.167. The Kier molecular flexibility index (Phi) is 2.18. The first-order valence-electron chi connectivity index (χ1n) is 5.83. The van der Waals surface area contributed by atoms with Crippen molar-refractivity contribution in [3.8, 4) is 0 Å². The molecule has 1 aliphatic carbocycles. The predicted molar refractivity (Wildman–Crippen MR) is 60.3 cm³/mol. The Hall–Kier alpha value is -1.84. The highest BCUT2D eigenvalue weighted by Gasteiger charge is 2.49. The van der Waals surface area contributed by atoms with E-state index in [-0.39, 0.29) is 18.1 Å². The van der Waals surface area contributed by atoms with E-state index in [2.05, 4.69) is 0 Å². The van der Waals surface area contributed by atoms with Crippen LogP contribution in [0.25, 0.3) is 0 Å². The lowest BCUT2D eigenvalue weighted by atomic mass is 10.1. The van der Waals surface area contributed by atoms with E-state index in [1.165, 1.54) is 10.5 Å². The van der Waals surface area contributed by atoms with Gasteiger partial charge < -0.3 is 4.74 Å². The molecule has 0 aromatic heterocycles. The first-order chi connectivity index (χ1) is 8.22. The summed E-state index contributed by atoms with van der Waals surface area (Å²) in [5, 5.41) is 0. The average molecular weight is 231 g/mol. The lowest BCUT2D eigenvalue weighted by Gasteiger charge is -2.18. The van der Waals surface area contributed by atoms with Gasteiger partial charge >= 0.3 is 6.09 Å². The summed E-state index contributed by atoms with van der Waals surface area (Å²) in [6.07, 6.45) is 0.331. The summed E-state index contributed by atoms with van der Waals surface area (Å²) >= 11 is 0. The Bertz CT molecular complexity index is 489. The van der Waals surface area contributed by atoms with E-state index >= 15 is 0 Å². The highest BCUT2D eigenvalue weighted by Crippen LogP contribution is 2.42. The largest absolute Gasteiger partial charge is 0.443 e. The van der Waals surface area contributed by atoms with Crippen LogP contribution in [0.15, 0.2) is 24.3 Å². The summed E-state index contributed by atoms with van der Waals surface area (Å²) in [6, 6.07) is 7.67. The maximum atomic E-state index is 11.8. The van der Waals surface area contributed by atoms with E-state index in [1.54, 1.807) is 6.92 Å². The van der Waals surface area contributed by atoms with Crippen LogP contribution in [-0.4, -0.2) is 23.0 Å². The molecule has 1 aromatic rings. The zero-order valence-electron chi connectivity index (χ0n) is 9.55. The molecular weight excluding hydrogens is 218 g/mol. The number of ether oxygens (including phenoxy) is 1. The Morgan fingerprint density at radius 3 is 3.00 bits per heavy atom. The molecule has 1 aromatic carbocycles. The fourth-order valence-electron chi connectivity index (χ4n) is 2.68. The number of hydrogen-bond acceptors (Lipinski definition) is 3. The van der Waals surface area contributed by atoms with E-state index in [1.807, 2.05) is 24.3 Å². The van der Waals surface area contributed by atoms with Crippen LogP contribution < -0.4 is 0 Å². The van der Waals surface area contributed by atoms with Gasteiger partial charge in [-0.2, -0.15) is 0 Å². The smallest absolute Gasteiger partial charge is 0.417 e. The van der Waals surface area contributed by atoms with E-state index < -0.39 is 6.09 Å². The highest BCUT2D eigenvalue weighted by atomic mass is 16.6. The molecule has 1 aliphatic heterocycles. The van der Waals surface area contributed by atoms with E-state index in [4.69, 9.17) is 4.74 Å². The standard InChI is InChI=1S/C13H13NO3/c1-2-11(15)14-12-9-6-4-3-5-8(9)7-10(12)17-13(14)16/h3-6,10,12H,2,7H2,1H3/t10?,12-/m0/s1. The van der Waals surface area contributed by atoms with Crippen molar-refractivity contribution in [1.29, 1.82) is 0 Å². The minimum Gasteiger partial charge on any atom is -0.443 e. The number of imide groups is 1. The van der Waals surface area contributed by atoms with Crippen LogP contribution in [0, 0.1) is 0 Å². The Morgan fingerprint density at radius 1 is 1.47 bits per heavy atom. The average Bonchev–Trinajstić information content (AvgIpc) is 2.82. The first-order valence-corrected chi connectivity index (χ1v) is 5.83. The van der Waals surface area contributed by atoms with Gasteiger partial charge in [0.05, 0.1) is 0 Å². The van der Waals surface area contributed by atoms with Gasteiger partial charge in [-0.05, 0) is 11.1 Å². The maximum Gasteiger partial charge on any atom is 0.417 e. The summed E-state index contributed by atoms with van der Waals surface area (Å²) < 4.78 is 5.27. The van der Waals surface area contributed by atoms with Crippen molar-refractivity contribution in [2.45, 2.75) is 31.9 Å². The minimum absolute atomic E-state index is 0.167. The molecule has 2 amide bonds. The Morgan fingerprint density at radius 2 is 2.24 bits per heavy atom. The number of carbonyl (C=O) groups is 2. The second-order valence-corrected chi connectivity index (χ2v) is 4.39. The third-order valence-electron chi connectivity index (χ3n) is 3.45. The normalized spacial score (nSPS) is 25.5. The van der Waals surface area contributed by atoms with Crippen LogP contribution in [0.3, 0.4) is 0 Å². The van der Waals surface area contributed by atoms with Crippen LogP contribution in [-0.2, 0) is 16.0 Å². The van der Waals surface area contributed by atoms with Gasteiger partial charge in [0.25, 0.3) is 0 Å². The van der Waals surface area contributed by atoms with Crippen molar-refractivity contribution < 1.29 is 14.3 Å². The predicted octanol–water partition coefficient (Wildman–Crippen LogP) is 2.04. The molecule has 88 valence electrons. The SMILES string of the molecule is CCC(=O)N1C(=O)OC2Cc3ccccc3[C@@H]21. The third kappa shape index (κ3) is 1.37. The second-order valence-electron chi connectivity index (χ2n) is 4.39. The number of benzene rings is 1. The molecule has 0 N–H and O–H groups in total. The molecule has 1 heterocycles. The van der Waals surface area contributed by atoms with Gasteiger partial charge in [0, 0.05) is 12.8 Å². The minimum atomic E-state index is -0.499. The van der Waals surface area contributed by atoms with Gasteiger partial charge in [-0.3, -0.25) is 4.79 Å². The molecule has 0 saturated carbocycles. The molecule has 1 fully saturated rings. The third-order valence-corrected chi connectivity index (χ3v) is 3.45. The van der Waals surface area contributed by atoms with Crippen LogP contribution >= 0.6 is 0 Å². The fourth-order valence-corrected chi connectivity index (χ4v) is 2.68. The van der Waals surface area contributed by atoms with Gasteiger partial charge in [-0.1, -0.05) is 31.2 Å². The number of carbonyl (C=O) groups excluding carboxylic acids is 2. The van der Waals surface area contributed by atoms with Crippen LogP contribution in [0.5, 0.6) is 0 Å². The number of amides is 2. The molecule has 0 bridgehead atoms. The van der Waals surface area contributed by atoms with Crippen molar-refractivity contribution in [3.63, 3.8) is 0 Å². The molecule has 1 unspecified atom stereocenters. The number of nitrogens with zero attached hydrogens (tertiary/aromatic N) is 1. The van der Waals surface area contributed by atoms with Crippen molar-refractivity contribution in [2.75, 3.05) is 0 Å². The van der Waals surface area contributed by atoms with E-state index in [0.717, 1.165) is 5.56 Å². The Labute approximate surface area is 99.2 Å². The van der Waals surface area contributed by atoms with Gasteiger partial charge in [-0.15, -0.1) is 0 Å². The molecule has 1 saturated heterocycles. The molecule has 3 rings (SSSR count). The number of rotatable bonds is 1. The first kappa shape index (κ1) is 10.3. The zero-order chi connectivity index (χ0) is 12.0. The van der Waals surface area contributed by atoms with Crippen molar-refractivity contribution in [1.82, 2.24) is 4.90 Å². The molecular formula is C13H13NO3. The number of fused-ring (bicyclic) bond motifs is 3. The van der Waals surface area contributed by atoms with Crippen molar-refractivity contribution in [2.24, 2.45) is 0 Å². The van der Waals surface area contributed by atoms with E-state index in [9.17, 15) is 9.59 Å². The zero-order valence-corrected chi connectivity index (χ0v) is 9.55. The lowest BCUT2D eigenvalue weighted by molar-refractivity contribution is -0.129. The highest BCUT2D eigenvalue weighted by molar-refractivity contribution is 5.94. The van der Waals surface area contributed by atoms with Gasteiger partial charge in [-0.25, -0.2) is 9.69 Å². The molecule has 0 spiro atoms. The van der Waals surface area contributed by atoms with Crippen molar-refractivity contribution in [3.05, 3.63) is 35.4 Å². The monoisotopic (exact) mass is 231 g/mol. The van der Waals surface area contributed by atoms with Gasteiger partial charge in [0.15, 0.2) is 0 Å². The van der Waals surface area contributed by atoms with Crippen LogP contribution in [0.4, 0.5) is 4.79 Å². The van der Waals surface area contributed by atoms with Crippen LogP contribution in [0.2, 0.25) is 0 Å². The number of hydrogen-bond donors (Lipinski definition) is 0. The molecule has 0 radical (unpaired) electrons. The van der Waals surface area contributed by atoms with Gasteiger partial charge in [0.1, 0.15) is 12.1 Å². The lowest BCUT2D eigenvalue weighted by Crippen LogP contribution is -2.33. The molecule has 4 heteroatoms. The summed E-state index contributed by atoms with van der Waals surface area (Å²) in [7, 11) is 0. The second kappa shape index (κ2) is 3.58.